The summed E-state index contributed by atoms with van der Waals surface area (Å²) in [5.41, 5.74) is 1.22. The lowest BCUT2D eigenvalue weighted by atomic mass is 10.2. The summed E-state index contributed by atoms with van der Waals surface area (Å²) < 4.78 is 6.96. The highest BCUT2D eigenvalue weighted by atomic mass is 35.5. The molecule has 106 valence electrons. The molecule has 20 heavy (non-hydrogen) atoms. The predicted molar refractivity (Wildman–Crippen MR) is 77.1 cm³/mol. The molecule has 2 aromatic rings. The molecule has 1 heterocycles. The minimum Gasteiger partial charge on any atom is -0.496 e. The van der Waals surface area contributed by atoms with Crippen molar-refractivity contribution in [2.45, 2.75) is 20.0 Å². The molecule has 1 aromatic carbocycles. The molecule has 0 spiro atoms. The van der Waals surface area contributed by atoms with Gasteiger partial charge in [-0.25, -0.2) is 0 Å². The van der Waals surface area contributed by atoms with Crippen LogP contribution in [0.3, 0.4) is 0 Å². The fourth-order valence-corrected chi connectivity index (χ4v) is 1.97. The third-order valence-electron chi connectivity index (χ3n) is 2.86. The Bertz CT molecular complexity index is 610. The van der Waals surface area contributed by atoms with Gasteiger partial charge in [0, 0.05) is 17.8 Å². The Morgan fingerprint density at radius 3 is 2.90 bits per heavy atom. The molecule has 0 fully saturated rings. The van der Waals surface area contributed by atoms with Crippen molar-refractivity contribution in [3.63, 3.8) is 0 Å². The zero-order valence-corrected chi connectivity index (χ0v) is 12.1. The van der Waals surface area contributed by atoms with Crippen molar-refractivity contribution >= 4 is 17.5 Å². The number of hydrogen-bond acceptors (Lipinski definition) is 3. The highest BCUT2D eigenvalue weighted by molar-refractivity contribution is 6.31. The molecule has 0 saturated carbocycles. The van der Waals surface area contributed by atoms with Gasteiger partial charge in [0.05, 0.1) is 24.9 Å². The number of hydrogen-bond donors (Lipinski definition) is 1. The Kier molecular flexibility index (Phi) is 4.63. The summed E-state index contributed by atoms with van der Waals surface area (Å²) in [6, 6.07) is 6.81. The molecule has 1 amide bonds. The number of aromatic nitrogens is 2. The van der Waals surface area contributed by atoms with Crippen molar-refractivity contribution in [1.29, 1.82) is 0 Å². The molecule has 0 saturated heterocycles. The molecule has 0 atom stereocenters. The second kappa shape index (κ2) is 6.43. The first-order chi connectivity index (χ1) is 9.63. The lowest BCUT2D eigenvalue weighted by Crippen LogP contribution is -2.23. The molecule has 0 unspecified atom stereocenters. The normalized spacial score (nSPS) is 10.3. The van der Waals surface area contributed by atoms with E-state index in [9.17, 15) is 4.79 Å². The van der Waals surface area contributed by atoms with Gasteiger partial charge in [-0.15, -0.1) is 0 Å². The van der Waals surface area contributed by atoms with E-state index in [0.717, 1.165) is 12.2 Å². The fraction of sp³-hybridized carbons (Fsp3) is 0.286. The number of rotatable bonds is 5. The average molecular weight is 294 g/mol. The second-order valence-electron chi connectivity index (χ2n) is 4.19. The number of aryl methyl sites for hydroxylation is 1. The number of benzene rings is 1. The second-order valence-corrected chi connectivity index (χ2v) is 4.63. The van der Waals surface area contributed by atoms with Crippen LogP contribution in [-0.4, -0.2) is 22.8 Å². The number of carbonyl (C=O) groups is 1. The zero-order chi connectivity index (χ0) is 14.5. The third-order valence-corrected chi connectivity index (χ3v) is 3.09. The molecule has 1 aromatic heterocycles. The van der Waals surface area contributed by atoms with E-state index in [2.05, 4.69) is 10.4 Å². The molecule has 2 rings (SSSR count). The Balaban J connectivity index is 2.06. The van der Waals surface area contributed by atoms with Gasteiger partial charge < -0.3 is 10.1 Å². The van der Waals surface area contributed by atoms with Gasteiger partial charge >= 0.3 is 0 Å². The van der Waals surface area contributed by atoms with E-state index in [1.54, 1.807) is 18.2 Å². The third kappa shape index (κ3) is 3.30. The van der Waals surface area contributed by atoms with E-state index in [1.165, 1.54) is 7.11 Å². The molecule has 0 radical (unpaired) electrons. The van der Waals surface area contributed by atoms with Crippen LogP contribution in [0.15, 0.2) is 30.5 Å². The Labute approximate surface area is 122 Å². The smallest absolute Gasteiger partial charge is 0.255 e. The largest absolute Gasteiger partial charge is 0.496 e. The van der Waals surface area contributed by atoms with Crippen molar-refractivity contribution in [2.24, 2.45) is 0 Å². The van der Waals surface area contributed by atoms with Crippen molar-refractivity contribution in [1.82, 2.24) is 15.1 Å². The summed E-state index contributed by atoms with van der Waals surface area (Å²) in [6.45, 7) is 3.17. The van der Waals surface area contributed by atoms with Gasteiger partial charge in [-0.05, 0) is 31.2 Å². The van der Waals surface area contributed by atoms with Gasteiger partial charge in [0.2, 0.25) is 0 Å². The van der Waals surface area contributed by atoms with Crippen LogP contribution in [-0.2, 0) is 13.1 Å². The molecule has 6 heteroatoms. The molecule has 0 bridgehead atoms. The van der Waals surface area contributed by atoms with E-state index in [1.807, 2.05) is 23.9 Å². The minimum atomic E-state index is -0.240. The Morgan fingerprint density at radius 1 is 1.45 bits per heavy atom. The maximum Gasteiger partial charge on any atom is 0.255 e. The van der Waals surface area contributed by atoms with Crippen LogP contribution in [0.1, 0.15) is 23.0 Å². The molecule has 0 aliphatic rings. The lowest BCUT2D eigenvalue weighted by molar-refractivity contribution is 0.0947. The van der Waals surface area contributed by atoms with E-state index < -0.39 is 0 Å². The average Bonchev–Trinajstić information content (AvgIpc) is 2.92. The van der Waals surface area contributed by atoms with E-state index >= 15 is 0 Å². The van der Waals surface area contributed by atoms with Crippen LogP contribution in [0, 0.1) is 0 Å². The first-order valence-corrected chi connectivity index (χ1v) is 6.66. The summed E-state index contributed by atoms with van der Waals surface area (Å²) in [5, 5.41) is 7.59. The number of amides is 1. The summed E-state index contributed by atoms with van der Waals surface area (Å²) in [4.78, 5) is 12.1. The molecule has 0 aliphatic heterocycles. The summed E-state index contributed by atoms with van der Waals surface area (Å²) in [5.74, 6) is 0.251. The van der Waals surface area contributed by atoms with Gasteiger partial charge in [0.15, 0.2) is 0 Å². The quantitative estimate of drug-likeness (QED) is 0.921. The highest BCUT2D eigenvalue weighted by Crippen LogP contribution is 2.22. The van der Waals surface area contributed by atoms with Crippen LogP contribution < -0.4 is 10.1 Å². The number of carbonyl (C=O) groups excluding carboxylic acids is 1. The maximum absolute atomic E-state index is 12.1. The van der Waals surface area contributed by atoms with Gasteiger partial charge in [-0.1, -0.05) is 11.6 Å². The SMILES string of the molecule is CCn1ccc(CNC(=O)c2cc(Cl)ccc2OC)n1. The zero-order valence-electron chi connectivity index (χ0n) is 11.4. The van der Waals surface area contributed by atoms with E-state index in [4.69, 9.17) is 16.3 Å². The molecular formula is C14H16ClN3O2. The minimum absolute atomic E-state index is 0.240. The van der Waals surface area contributed by atoms with Crippen LogP contribution >= 0.6 is 11.6 Å². The molecular weight excluding hydrogens is 278 g/mol. The summed E-state index contributed by atoms with van der Waals surface area (Å²) in [7, 11) is 1.52. The Hall–Kier alpha value is -2.01. The predicted octanol–water partition coefficient (Wildman–Crippen LogP) is 2.50. The highest BCUT2D eigenvalue weighted by Gasteiger charge is 2.13. The number of methoxy groups -OCH3 is 1. The topological polar surface area (TPSA) is 56.2 Å². The number of nitrogens with one attached hydrogen (secondary N) is 1. The molecule has 1 N–H and O–H groups in total. The van der Waals surface area contributed by atoms with E-state index in [-0.39, 0.29) is 5.91 Å². The van der Waals surface area contributed by atoms with Gasteiger partial charge in [0.1, 0.15) is 5.75 Å². The van der Waals surface area contributed by atoms with Crippen LogP contribution in [0.4, 0.5) is 0 Å². The van der Waals surface area contributed by atoms with Gasteiger partial charge in [0.25, 0.3) is 5.91 Å². The monoisotopic (exact) mass is 293 g/mol. The number of ether oxygens (including phenoxy) is 1. The maximum atomic E-state index is 12.1. The Morgan fingerprint density at radius 2 is 2.25 bits per heavy atom. The van der Waals surface area contributed by atoms with Gasteiger partial charge in [-0.3, -0.25) is 9.48 Å². The standard InChI is InChI=1S/C14H16ClN3O2/c1-3-18-7-6-11(17-18)9-16-14(19)12-8-10(15)4-5-13(12)20-2/h4-8H,3,9H2,1-2H3,(H,16,19). The first kappa shape index (κ1) is 14.4. The van der Waals surface area contributed by atoms with Crippen molar-refractivity contribution in [2.75, 3.05) is 7.11 Å². The van der Waals surface area contributed by atoms with Crippen molar-refractivity contribution in [3.8, 4) is 5.75 Å². The van der Waals surface area contributed by atoms with Crippen molar-refractivity contribution in [3.05, 3.63) is 46.7 Å². The van der Waals surface area contributed by atoms with E-state index in [0.29, 0.717) is 22.9 Å². The lowest BCUT2D eigenvalue weighted by Gasteiger charge is -2.09. The number of halogens is 1. The number of nitrogens with zero attached hydrogens (tertiary/aromatic N) is 2. The van der Waals surface area contributed by atoms with Gasteiger partial charge in [-0.2, -0.15) is 5.10 Å². The first-order valence-electron chi connectivity index (χ1n) is 6.28. The van der Waals surface area contributed by atoms with Crippen LogP contribution in [0.2, 0.25) is 5.02 Å². The fourth-order valence-electron chi connectivity index (χ4n) is 1.80. The molecule has 0 aliphatic carbocycles. The summed E-state index contributed by atoms with van der Waals surface area (Å²) in [6.07, 6.45) is 1.88. The summed E-state index contributed by atoms with van der Waals surface area (Å²) >= 11 is 5.91. The molecule has 5 nitrogen and oxygen atoms in total. The van der Waals surface area contributed by atoms with Crippen LogP contribution in [0.25, 0.3) is 0 Å². The van der Waals surface area contributed by atoms with Crippen LogP contribution in [0.5, 0.6) is 5.75 Å². The van der Waals surface area contributed by atoms with Crippen molar-refractivity contribution < 1.29 is 9.53 Å².